The van der Waals surface area contributed by atoms with Gasteiger partial charge in [0, 0.05) is 11.1 Å². The molecule has 0 radical (unpaired) electrons. The largest absolute Gasteiger partial charge is 0.494 e. The minimum Gasteiger partial charge on any atom is -0.494 e. The Morgan fingerprint density at radius 3 is 2.50 bits per heavy atom. The van der Waals surface area contributed by atoms with Crippen molar-refractivity contribution >= 4 is 5.97 Å². The number of rotatable bonds is 12. The standard InChI is InChI=1S/C22H34O6/c1-3-5-6-7-17-8-10-18(11-9-17)19-14-20(25-4-2)16-21(15-19)26-28-27-22(24)12-13-23/h14-18,23H,3-13H2,1-2H3. The Kier molecular flexibility index (Phi) is 10.1. The van der Waals surface area contributed by atoms with Crippen molar-refractivity contribution < 1.29 is 29.5 Å². The monoisotopic (exact) mass is 394 g/mol. The highest BCUT2D eigenvalue weighted by molar-refractivity contribution is 5.68. The second-order valence-corrected chi connectivity index (χ2v) is 7.46. The molecule has 158 valence electrons. The zero-order chi connectivity index (χ0) is 20.2. The molecule has 0 aromatic heterocycles. The number of unbranched alkanes of at least 4 members (excludes halogenated alkanes) is 2. The first-order valence-corrected chi connectivity index (χ1v) is 10.6. The molecule has 0 heterocycles. The van der Waals surface area contributed by atoms with E-state index >= 15 is 0 Å². The number of hydrogen-bond acceptors (Lipinski definition) is 6. The molecule has 1 fully saturated rings. The van der Waals surface area contributed by atoms with Crippen LogP contribution in [0.1, 0.15) is 83.1 Å². The molecular formula is C22H34O6. The van der Waals surface area contributed by atoms with Crippen LogP contribution in [0.2, 0.25) is 0 Å². The van der Waals surface area contributed by atoms with E-state index in [1.165, 1.54) is 44.1 Å². The molecule has 1 aromatic rings. The predicted molar refractivity (Wildman–Crippen MR) is 106 cm³/mol. The van der Waals surface area contributed by atoms with E-state index in [0.29, 0.717) is 24.0 Å². The summed E-state index contributed by atoms with van der Waals surface area (Å²) in [5.74, 6) is 1.78. The summed E-state index contributed by atoms with van der Waals surface area (Å²) in [5.41, 5.74) is 1.17. The van der Waals surface area contributed by atoms with Gasteiger partial charge < -0.3 is 9.84 Å². The van der Waals surface area contributed by atoms with Gasteiger partial charge in [-0.15, -0.1) is 0 Å². The van der Waals surface area contributed by atoms with E-state index in [4.69, 9.17) is 14.7 Å². The maximum absolute atomic E-state index is 11.2. The Morgan fingerprint density at radius 1 is 1.07 bits per heavy atom. The van der Waals surface area contributed by atoms with Crippen molar-refractivity contribution in [3.8, 4) is 11.5 Å². The maximum atomic E-state index is 11.2. The molecule has 1 aromatic carbocycles. The predicted octanol–water partition coefficient (Wildman–Crippen LogP) is 5.09. The van der Waals surface area contributed by atoms with Gasteiger partial charge in [-0.25, -0.2) is 4.79 Å². The van der Waals surface area contributed by atoms with Crippen molar-refractivity contribution in [2.75, 3.05) is 13.2 Å². The van der Waals surface area contributed by atoms with E-state index in [1.54, 1.807) is 6.07 Å². The number of aliphatic hydroxyl groups excluding tert-OH is 1. The molecule has 0 bridgehead atoms. The topological polar surface area (TPSA) is 74.2 Å². The number of carbonyl (C=O) groups is 1. The Labute approximate surface area is 168 Å². The van der Waals surface area contributed by atoms with Crippen LogP contribution < -0.4 is 9.62 Å². The number of ether oxygens (including phenoxy) is 1. The van der Waals surface area contributed by atoms with Crippen LogP contribution in [0.5, 0.6) is 11.5 Å². The second-order valence-electron chi connectivity index (χ2n) is 7.46. The summed E-state index contributed by atoms with van der Waals surface area (Å²) in [5, 5.41) is 13.3. The van der Waals surface area contributed by atoms with Gasteiger partial charge >= 0.3 is 5.97 Å². The summed E-state index contributed by atoms with van der Waals surface area (Å²) in [4.78, 5) is 20.8. The van der Waals surface area contributed by atoms with Gasteiger partial charge in [-0.1, -0.05) is 32.6 Å². The van der Waals surface area contributed by atoms with E-state index in [1.807, 2.05) is 13.0 Å². The molecule has 1 aliphatic rings. The average Bonchev–Trinajstić information content (AvgIpc) is 2.69. The van der Waals surface area contributed by atoms with Gasteiger partial charge in [0.1, 0.15) is 5.75 Å². The molecule has 0 atom stereocenters. The normalized spacial score (nSPS) is 19.2. The second kappa shape index (κ2) is 12.6. The Bertz CT molecular complexity index is 580. The molecule has 6 nitrogen and oxygen atoms in total. The van der Waals surface area contributed by atoms with Gasteiger partial charge in [0.2, 0.25) is 0 Å². The minimum absolute atomic E-state index is 0.144. The number of carbonyl (C=O) groups excluding carboxylic acids is 1. The van der Waals surface area contributed by atoms with Gasteiger partial charge in [-0.05, 0) is 62.1 Å². The molecule has 0 unspecified atom stereocenters. The Balaban J connectivity index is 1.93. The van der Waals surface area contributed by atoms with E-state index in [0.717, 1.165) is 18.8 Å². The fourth-order valence-corrected chi connectivity index (χ4v) is 3.82. The highest BCUT2D eigenvalue weighted by Crippen LogP contribution is 2.40. The molecule has 1 aliphatic carbocycles. The lowest BCUT2D eigenvalue weighted by atomic mass is 9.77. The fourth-order valence-electron chi connectivity index (χ4n) is 3.82. The molecule has 6 heteroatoms. The van der Waals surface area contributed by atoms with Crippen LogP contribution in [0.15, 0.2) is 18.2 Å². The molecule has 28 heavy (non-hydrogen) atoms. The van der Waals surface area contributed by atoms with Crippen LogP contribution in [0.25, 0.3) is 0 Å². The van der Waals surface area contributed by atoms with E-state index < -0.39 is 5.97 Å². The van der Waals surface area contributed by atoms with Crippen LogP contribution >= 0.6 is 0 Å². The Morgan fingerprint density at radius 2 is 1.82 bits per heavy atom. The van der Waals surface area contributed by atoms with Crippen LogP contribution in [-0.4, -0.2) is 24.3 Å². The number of benzene rings is 1. The van der Waals surface area contributed by atoms with Crippen molar-refractivity contribution in [3.05, 3.63) is 23.8 Å². The Hall–Kier alpha value is -1.79. The van der Waals surface area contributed by atoms with Crippen LogP contribution in [0.4, 0.5) is 0 Å². The summed E-state index contributed by atoms with van der Waals surface area (Å²) in [7, 11) is 0. The van der Waals surface area contributed by atoms with Crippen molar-refractivity contribution in [2.24, 2.45) is 5.92 Å². The molecule has 0 saturated heterocycles. The zero-order valence-corrected chi connectivity index (χ0v) is 17.2. The highest BCUT2D eigenvalue weighted by atomic mass is 17.5. The van der Waals surface area contributed by atoms with Gasteiger partial charge in [-0.2, -0.15) is 0 Å². The van der Waals surface area contributed by atoms with Gasteiger partial charge in [0.15, 0.2) is 5.75 Å². The summed E-state index contributed by atoms with van der Waals surface area (Å²) in [6, 6.07) is 5.70. The quantitative estimate of drug-likeness (QED) is 0.302. The van der Waals surface area contributed by atoms with E-state index in [-0.39, 0.29) is 13.0 Å². The first-order chi connectivity index (χ1) is 13.7. The molecular weight excluding hydrogens is 360 g/mol. The third-order valence-corrected chi connectivity index (χ3v) is 5.32. The molecule has 0 amide bonds. The smallest absolute Gasteiger partial charge is 0.348 e. The highest BCUT2D eigenvalue weighted by Gasteiger charge is 2.23. The molecule has 1 saturated carbocycles. The average molecular weight is 395 g/mol. The lowest BCUT2D eigenvalue weighted by Crippen LogP contribution is -2.14. The van der Waals surface area contributed by atoms with E-state index in [9.17, 15) is 4.79 Å². The number of aliphatic hydroxyl groups is 1. The third-order valence-electron chi connectivity index (χ3n) is 5.32. The van der Waals surface area contributed by atoms with Gasteiger partial charge in [-0.3, -0.25) is 9.78 Å². The van der Waals surface area contributed by atoms with Gasteiger partial charge in [0.25, 0.3) is 0 Å². The molecule has 0 spiro atoms. The van der Waals surface area contributed by atoms with Crippen molar-refractivity contribution in [3.63, 3.8) is 0 Å². The molecule has 1 N–H and O–H groups in total. The SMILES string of the molecule is CCCCCC1CCC(c2cc(OCC)cc(OOOC(=O)CCO)c2)CC1. The van der Waals surface area contributed by atoms with Crippen LogP contribution in [0.3, 0.4) is 0 Å². The number of hydrogen-bond donors (Lipinski definition) is 1. The fraction of sp³-hybridized carbons (Fsp3) is 0.682. The van der Waals surface area contributed by atoms with Crippen LogP contribution in [0, 0.1) is 5.92 Å². The van der Waals surface area contributed by atoms with Crippen molar-refractivity contribution in [2.45, 2.75) is 77.6 Å². The van der Waals surface area contributed by atoms with E-state index in [2.05, 4.69) is 22.9 Å². The third kappa shape index (κ3) is 7.68. The maximum Gasteiger partial charge on any atom is 0.348 e. The first-order valence-electron chi connectivity index (χ1n) is 10.6. The minimum atomic E-state index is -0.690. The molecule has 2 rings (SSSR count). The summed E-state index contributed by atoms with van der Waals surface area (Å²) >= 11 is 0. The lowest BCUT2D eigenvalue weighted by molar-refractivity contribution is -0.437. The zero-order valence-electron chi connectivity index (χ0n) is 17.2. The van der Waals surface area contributed by atoms with Crippen LogP contribution in [-0.2, 0) is 14.7 Å². The van der Waals surface area contributed by atoms with Gasteiger partial charge in [0.05, 0.1) is 19.6 Å². The molecule has 0 aliphatic heterocycles. The summed E-state index contributed by atoms with van der Waals surface area (Å²) in [6.45, 7) is 4.44. The first kappa shape index (κ1) is 22.5. The van der Waals surface area contributed by atoms with Crippen molar-refractivity contribution in [1.29, 1.82) is 0 Å². The summed E-state index contributed by atoms with van der Waals surface area (Å²) < 4.78 is 5.65. The lowest BCUT2D eigenvalue weighted by Gasteiger charge is -2.29. The van der Waals surface area contributed by atoms with Crippen molar-refractivity contribution in [1.82, 2.24) is 0 Å². The summed E-state index contributed by atoms with van der Waals surface area (Å²) in [6.07, 6.45) is 10.0.